The summed E-state index contributed by atoms with van der Waals surface area (Å²) in [5, 5.41) is -0.0948. The van der Waals surface area contributed by atoms with Crippen LogP contribution in [0.5, 0.6) is 0 Å². The summed E-state index contributed by atoms with van der Waals surface area (Å²) in [6.07, 6.45) is 6.08. The van der Waals surface area contributed by atoms with Gasteiger partial charge < -0.3 is 0 Å². The molecule has 3 rings (SSSR count). The van der Waals surface area contributed by atoms with Crippen LogP contribution in [0.15, 0.2) is 38.0 Å². The molecule has 9 nitrogen and oxygen atoms in total. The summed E-state index contributed by atoms with van der Waals surface area (Å²) in [7, 11) is 1.23. The number of hydrogen-bond acceptors (Lipinski definition) is 9. The van der Waals surface area contributed by atoms with E-state index in [-0.39, 0.29) is 42.7 Å². The summed E-state index contributed by atoms with van der Waals surface area (Å²) in [5.41, 5.74) is -1.12. The van der Waals surface area contributed by atoms with Crippen molar-refractivity contribution in [2.75, 3.05) is 20.3 Å². The van der Waals surface area contributed by atoms with E-state index < -0.39 is 77.1 Å². The normalized spacial score (nSPS) is 34.8. The molecule has 3 aliphatic rings. The number of hydrogen-bond donors (Lipinski definition) is 0. The number of ether oxygens (including phenoxy) is 3. The van der Waals surface area contributed by atoms with Gasteiger partial charge in [0.15, 0.2) is 0 Å². The molecule has 0 aromatic rings. The van der Waals surface area contributed by atoms with E-state index in [4.69, 9.17) is 14.2 Å². The average molecular weight is 683 g/mol. The van der Waals surface area contributed by atoms with Crippen LogP contribution < -0.4 is 0 Å². The van der Waals surface area contributed by atoms with Gasteiger partial charge in [-0.05, 0) is 0 Å². The van der Waals surface area contributed by atoms with Gasteiger partial charge in [0, 0.05) is 0 Å². The SMILES string of the molecule is C=CC1C[C]1(C(=O)OCC(CC)(COC(=O)[C]1([Co]([CH3])=[O])CC1C=C)[CH2][Co](=[O])[C]1(C(=O)OC)CC1C=C)[Co]([CH3])=[O]. The first-order chi connectivity index (χ1) is 18.3. The zero-order valence-electron chi connectivity index (χ0n) is 22.7. The van der Waals surface area contributed by atoms with Crippen molar-refractivity contribution in [1.29, 1.82) is 0 Å². The van der Waals surface area contributed by atoms with E-state index in [1.165, 1.54) is 18.8 Å². The molecule has 0 amide bonds. The third-order valence-corrected chi connectivity index (χ3v) is 15.3. The van der Waals surface area contributed by atoms with Gasteiger partial charge in [-0.2, -0.15) is 0 Å². The number of carbonyl (C=O) groups excluding carboxylic acids is 3. The molecule has 3 aliphatic carbocycles. The molecule has 39 heavy (non-hydrogen) atoms. The molecule has 0 radical (unpaired) electrons. The Labute approximate surface area is 242 Å². The molecule has 0 heterocycles. The zero-order chi connectivity index (χ0) is 29.4. The van der Waals surface area contributed by atoms with E-state index in [9.17, 15) is 26.0 Å². The molecule has 0 N–H and O–H groups in total. The molecule has 3 fully saturated rings. The third-order valence-electron chi connectivity index (χ3n) is 8.08. The number of methoxy groups -OCH3 is 1. The van der Waals surface area contributed by atoms with Crippen molar-refractivity contribution in [2.24, 2.45) is 23.2 Å². The number of allylic oxidation sites excluding steroid dienone is 3. The predicted octanol–water partition coefficient (Wildman–Crippen LogP) is 5.14. The molecule has 0 saturated heterocycles. The fraction of sp³-hybridized carbons (Fsp3) is 0.667. The van der Waals surface area contributed by atoms with Crippen molar-refractivity contribution in [2.45, 2.75) is 62.7 Å². The van der Waals surface area contributed by atoms with Gasteiger partial charge in [0.05, 0.1) is 0 Å². The minimum atomic E-state index is -2.23. The summed E-state index contributed by atoms with van der Waals surface area (Å²) in [5.74, 6) is 0.197. The molecule has 6 atom stereocenters. The van der Waals surface area contributed by atoms with Crippen LogP contribution in [0.1, 0.15) is 32.6 Å². The van der Waals surface area contributed by atoms with E-state index in [1.54, 1.807) is 25.2 Å². The third kappa shape index (κ3) is 5.44. The first-order valence-electron chi connectivity index (χ1n) is 12.3. The van der Waals surface area contributed by atoms with Crippen LogP contribution in [0.2, 0.25) is 30.1 Å². The summed E-state index contributed by atoms with van der Waals surface area (Å²) >= 11 is -5.99. The molecule has 12 heteroatoms. The standard InChI is InChI=1S/C18H23O4.C7H9O2.2CH3.3Co.3O/c1-5-12-8-14(12)16(19)21-10-18(4,7-3)11-22-17(20)15-9-13(15)6-2;1-3-5-4-6(5)7(8)9-2;;;;;;;;/h5-6,12-13H,1-2,4,7-11H2,3H3;3,5H,1,4H2,2H3;2*1H3;;;;;;. The van der Waals surface area contributed by atoms with Gasteiger partial charge in [0.25, 0.3) is 0 Å². The average Bonchev–Trinajstić information content (AvgIpc) is 3.82. The summed E-state index contributed by atoms with van der Waals surface area (Å²) in [4.78, 5) is 39.0. The van der Waals surface area contributed by atoms with Crippen LogP contribution >= 0.6 is 0 Å². The van der Waals surface area contributed by atoms with Gasteiger partial charge in [0.2, 0.25) is 0 Å². The number of esters is 3. The fourth-order valence-corrected chi connectivity index (χ4v) is 10.8. The second kappa shape index (κ2) is 11.8. The van der Waals surface area contributed by atoms with Gasteiger partial charge in [-0.3, -0.25) is 0 Å². The van der Waals surface area contributed by atoms with Crippen molar-refractivity contribution < 1.29 is 80.9 Å². The molecule has 6 unspecified atom stereocenters. The summed E-state index contributed by atoms with van der Waals surface area (Å²) in [6, 6.07) is 0. The Morgan fingerprint density at radius 2 is 1.18 bits per heavy atom. The van der Waals surface area contributed by atoms with Gasteiger partial charge in [-0.1, -0.05) is 0 Å². The molecule has 227 valence electrons. The van der Waals surface area contributed by atoms with Crippen LogP contribution in [-0.4, -0.2) is 38.2 Å². The molecular weight excluding hydrogens is 645 g/mol. The monoisotopic (exact) mass is 683 g/mol. The van der Waals surface area contributed by atoms with Crippen LogP contribution in [0, 0.1) is 23.2 Å². The molecular formula is C27H38Co3O9. The summed E-state index contributed by atoms with van der Waals surface area (Å²) in [6.45, 7) is 12.4. The second-order valence-corrected chi connectivity index (χ2v) is 16.6. The maximum absolute atomic E-state index is 13.8. The molecule has 0 spiro atoms. The molecule has 0 aromatic carbocycles. The Morgan fingerprint density at radius 3 is 1.46 bits per heavy atom. The van der Waals surface area contributed by atoms with Gasteiger partial charge >= 0.3 is 243 Å². The topological polar surface area (TPSA) is 130 Å². The van der Waals surface area contributed by atoms with Crippen molar-refractivity contribution in [3.8, 4) is 0 Å². The van der Waals surface area contributed by atoms with E-state index in [0.717, 1.165) is 0 Å². The van der Waals surface area contributed by atoms with Crippen LogP contribution in [-0.2, 0) is 80.9 Å². The molecule has 3 saturated carbocycles. The van der Waals surface area contributed by atoms with E-state index >= 15 is 0 Å². The van der Waals surface area contributed by atoms with Gasteiger partial charge in [-0.15, -0.1) is 0 Å². The van der Waals surface area contributed by atoms with Crippen LogP contribution in [0.3, 0.4) is 0 Å². The Bertz CT molecular complexity index is 1090. The first-order valence-corrected chi connectivity index (χ1v) is 17.9. The van der Waals surface area contributed by atoms with Crippen molar-refractivity contribution in [1.82, 2.24) is 0 Å². The number of rotatable bonds is 16. The minimum absolute atomic E-state index is 0.0948. The zero-order valence-corrected chi connectivity index (χ0v) is 25.8. The molecule has 0 aromatic heterocycles. The van der Waals surface area contributed by atoms with Crippen molar-refractivity contribution in [3.63, 3.8) is 0 Å². The fourth-order valence-electron chi connectivity index (χ4n) is 4.84. The Kier molecular flexibility index (Phi) is 9.71. The number of carbonyl (C=O) groups is 3. The molecule has 0 aliphatic heterocycles. The van der Waals surface area contributed by atoms with E-state index in [2.05, 4.69) is 19.7 Å². The Hall–Kier alpha value is -1.45. The van der Waals surface area contributed by atoms with Crippen molar-refractivity contribution in [3.05, 3.63) is 38.0 Å². The Balaban J connectivity index is 1.87. The van der Waals surface area contributed by atoms with Crippen LogP contribution in [0.25, 0.3) is 0 Å². The maximum atomic E-state index is 13.8. The predicted molar refractivity (Wildman–Crippen MR) is 128 cm³/mol. The van der Waals surface area contributed by atoms with Gasteiger partial charge in [-0.25, -0.2) is 0 Å². The Morgan fingerprint density at radius 1 is 0.795 bits per heavy atom. The van der Waals surface area contributed by atoms with E-state index in [0.29, 0.717) is 19.3 Å². The summed E-state index contributed by atoms with van der Waals surface area (Å²) < 4.78 is 51.6. The van der Waals surface area contributed by atoms with E-state index in [1.807, 2.05) is 0 Å². The van der Waals surface area contributed by atoms with Gasteiger partial charge in [0.1, 0.15) is 0 Å². The van der Waals surface area contributed by atoms with Crippen LogP contribution in [0.4, 0.5) is 0 Å². The quantitative estimate of drug-likeness (QED) is 0.123. The molecule has 0 bridgehead atoms. The van der Waals surface area contributed by atoms with Crippen molar-refractivity contribution >= 4 is 17.9 Å². The first kappa shape index (κ1) is 32.1. The second-order valence-electron chi connectivity index (χ2n) is 10.2.